The third-order valence-electron chi connectivity index (χ3n) is 4.03. The van der Waals surface area contributed by atoms with Gasteiger partial charge in [-0.3, -0.25) is 0 Å². The smallest absolute Gasteiger partial charge is 0.338 e. The minimum atomic E-state index is -0.425. The van der Waals surface area contributed by atoms with Gasteiger partial charge in [-0.2, -0.15) is 0 Å². The van der Waals surface area contributed by atoms with Crippen LogP contribution in [0.3, 0.4) is 0 Å². The van der Waals surface area contributed by atoms with Crippen molar-refractivity contribution in [2.45, 2.75) is 5.92 Å². The maximum atomic E-state index is 12.1. The van der Waals surface area contributed by atoms with E-state index < -0.39 is 5.97 Å². The molecule has 0 saturated heterocycles. The maximum absolute atomic E-state index is 12.1. The van der Waals surface area contributed by atoms with E-state index in [1.54, 1.807) is 12.1 Å². The van der Waals surface area contributed by atoms with Crippen LogP contribution in [-0.2, 0) is 14.3 Å². The first-order valence-electron chi connectivity index (χ1n) is 7.24. The molecule has 116 valence electrons. The van der Waals surface area contributed by atoms with Crippen LogP contribution >= 0.6 is 0 Å². The van der Waals surface area contributed by atoms with Gasteiger partial charge in [0.05, 0.1) is 19.8 Å². The Labute approximate surface area is 134 Å². The van der Waals surface area contributed by atoms with Crippen molar-refractivity contribution in [3.8, 4) is 11.1 Å². The highest BCUT2D eigenvalue weighted by Crippen LogP contribution is 2.46. The van der Waals surface area contributed by atoms with Crippen molar-refractivity contribution in [1.29, 1.82) is 0 Å². The van der Waals surface area contributed by atoms with E-state index in [0.29, 0.717) is 5.56 Å². The number of methoxy groups -OCH3 is 2. The van der Waals surface area contributed by atoms with Crippen LogP contribution in [0.4, 0.5) is 0 Å². The van der Waals surface area contributed by atoms with Gasteiger partial charge in [0.2, 0.25) is 0 Å². The molecule has 23 heavy (non-hydrogen) atoms. The highest BCUT2D eigenvalue weighted by Gasteiger charge is 2.31. The molecular weight excluding hydrogens is 292 g/mol. The largest absolute Gasteiger partial charge is 0.466 e. The molecule has 1 aliphatic carbocycles. The van der Waals surface area contributed by atoms with Crippen LogP contribution < -0.4 is 0 Å². The summed E-state index contributed by atoms with van der Waals surface area (Å²) in [7, 11) is 2.70. The summed E-state index contributed by atoms with van der Waals surface area (Å²) in [6, 6.07) is 13.5. The first kappa shape index (κ1) is 15.0. The predicted molar refractivity (Wildman–Crippen MR) is 86.2 cm³/mol. The lowest BCUT2D eigenvalue weighted by Crippen LogP contribution is -2.07. The fraction of sp³-hybridized carbons (Fsp3) is 0.158. The number of hydrogen-bond donors (Lipinski definition) is 0. The van der Waals surface area contributed by atoms with E-state index in [1.165, 1.54) is 20.3 Å². The molecule has 2 aromatic carbocycles. The number of esters is 2. The minimum absolute atomic E-state index is 0.185. The average Bonchev–Trinajstić information content (AvgIpc) is 2.93. The van der Waals surface area contributed by atoms with Crippen LogP contribution in [0.2, 0.25) is 0 Å². The summed E-state index contributed by atoms with van der Waals surface area (Å²) in [5.74, 6) is -0.992. The van der Waals surface area contributed by atoms with E-state index >= 15 is 0 Å². The van der Waals surface area contributed by atoms with Gasteiger partial charge in [0.1, 0.15) is 0 Å². The quantitative estimate of drug-likeness (QED) is 0.645. The van der Waals surface area contributed by atoms with Crippen molar-refractivity contribution < 1.29 is 19.1 Å². The molecule has 1 aliphatic rings. The molecule has 0 spiro atoms. The Bertz CT molecular complexity index is 805. The molecule has 1 atom stereocenters. The Morgan fingerprint density at radius 3 is 2.43 bits per heavy atom. The van der Waals surface area contributed by atoms with Gasteiger partial charge >= 0.3 is 11.9 Å². The van der Waals surface area contributed by atoms with E-state index in [2.05, 4.69) is 4.74 Å². The van der Waals surface area contributed by atoms with Gasteiger partial charge < -0.3 is 9.47 Å². The summed E-state index contributed by atoms with van der Waals surface area (Å²) in [5.41, 5.74) is 4.48. The van der Waals surface area contributed by atoms with Gasteiger partial charge in [0, 0.05) is 12.0 Å². The topological polar surface area (TPSA) is 52.6 Å². The number of carbonyl (C=O) groups excluding carboxylic acids is 2. The van der Waals surface area contributed by atoms with Gasteiger partial charge in [0.15, 0.2) is 0 Å². The molecule has 0 amide bonds. The highest BCUT2D eigenvalue weighted by molar-refractivity contribution is 5.97. The molecule has 0 saturated carbocycles. The maximum Gasteiger partial charge on any atom is 0.338 e. The number of allylic oxidation sites excluding steroid dienone is 1. The Morgan fingerprint density at radius 2 is 1.70 bits per heavy atom. The third kappa shape index (κ3) is 2.52. The molecular formula is C19H16O4. The van der Waals surface area contributed by atoms with E-state index in [1.807, 2.05) is 36.4 Å². The second kappa shape index (κ2) is 6.08. The van der Waals surface area contributed by atoms with Crippen molar-refractivity contribution in [3.63, 3.8) is 0 Å². The molecule has 4 heteroatoms. The zero-order valence-electron chi connectivity index (χ0n) is 12.9. The Balaban J connectivity index is 2.20. The van der Waals surface area contributed by atoms with E-state index in [0.717, 1.165) is 22.3 Å². The molecule has 0 fully saturated rings. The van der Waals surface area contributed by atoms with Crippen molar-refractivity contribution in [3.05, 3.63) is 71.3 Å². The highest BCUT2D eigenvalue weighted by atomic mass is 16.5. The molecule has 2 aromatic rings. The standard InChI is InChI=1S/C19H16O4/c1-22-17(20)11-10-15-13-7-4-3-6-12(13)14-8-5-9-16(18(14)15)19(21)23-2/h3-11,15H,1-2H3/b11-10-. The van der Waals surface area contributed by atoms with Crippen LogP contribution in [-0.4, -0.2) is 26.2 Å². The van der Waals surface area contributed by atoms with Gasteiger partial charge in [-0.05, 0) is 28.3 Å². The number of rotatable bonds is 3. The first-order valence-corrected chi connectivity index (χ1v) is 7.24. The molecule has 0 aromatic heterocycles. The van der Waals surface area contributed by atoms with Crippen molar-refractivity contribution in [2.24, 2.45) is 0 Å². The number of ether oxygens (including phenoxy) is 2. The van der Waals surface area contributed by atoms with Crippen molar-refractivity contribution in [2.75, 3.05) is 14.2 Å². The minimum Gasteiger partial charge on any atom is -0.466 e. The molecule has 0 bridgehead atoms. The van der Waals surface area contributed by atoms with Gasteiger partial charge in [-0.15, -0.1) is 0 Å². The molecule has 0 radical (unpaired) electrons. The number of carbonyl (C=O) groups is 2. The fourth-order valence-corrected chi connectivity index (χ4v) is 3.03. The van der Waals surface area contributed by atoms with Crippen molar-refractivity contribution in [1.82, 2.24) is 0 Å². The molecule has 4 nitrogen and oxygen atoms in total. The van der Waals surface area contributed by atoms with Gasteiger partial charge in [-0.1, -0.05) is 42.5 Å². The van der Waals surface area contributed by atoms with Crippen molar-refractivity contribution >= 4 is 11.9 Å². The summed E-state index contributed by atoms with van der Waals surface area (Å²) in [5, 5.41) is 0. The van der Waals surface area contributed by atoms with Gasteiger partial charge in [0.25, 0.3) is 0 Å². The summed E-state index contributed by atoms with van der Waals surface area (Å²) >= 11 is 0. The van der Waals surface area contributed by atoms with E-state index in [-0.39, 0.29) is 11.9 Å². The molecule has 0 heterocycles. The number of hydrogen-bond acceptors (Lipinski definition) is 4. The summed E-state index contributed by atoms with van der Waals surface area (Å²) in [4.78, 5) is 23.6. The number of fused-ring (bicyclic) bond motifs is 3. The van der Waals surface area contributed by atoms with Gasteiger partial charge in [-0.25, -0.2) is 9.59 Å². The zero-order chi connectivity index (χ0) is 16.4. The predicted octanol–water partition coefficient (Wildman–Crippen LogP) is 3.31. The lowest BCUT2D eigenvalue weighted by Gasteiger charge is -2.12. The Hall–Kier alpha value is -2.88. The van der Waals surface area contributed by atoms with E-state index in [9.17, 15) is 9.59 Å². The average molecular weight is 308 g/mol. The molecule has 1 unspecified atom stereocenters. The lowest BCUT2D eigenvalue weighted by molar-refractivity contribution is -0.134. The fourth-order valence-electron chi connectivity index (χ4n) is 3.03. The van der Waals surface area contributed by atoms with Crippen LogP contribution in [0.15, 0.2) is 54.6 Å². The van der Waals surface area contributed by atoms with Crippen LogP contribution in [0, 0.1) is 0 Å². The summed E-state index contributed by atoms with van der Waals surface area (Å²) in [6.07, 6.45) is 3.16. The zero-order valence-corrected chi connectivity index (χ0v) is 12.9. The lowest BCUT2D eigenvalue weighted by atomic mass is 9.92. The first-order chi connectivity index (χ1) is 11.2. The second-order valence-corrected chi connectivity index (χ2v) is 5.21. The summed E-state index contributed by atoms with van der Waals surface area (Å²) < 4.78 is 9.57. The third-order valence-corrected chi connectivity index (χ3v) is 4.03. The van der Waals surface area contributed by atoms with E-state index in [4.69, 9.17) is 4.74 Å². The van der Waals surface area contributed by atoms with Crippen LogP contribution in [0.1, 0.15) is 27.4 Å². The molecule has 0 aliphatic heterocycles. The monoisotopic (exact) mass is 308 g/mol. The second-order valence-electron chi connectivity index (χ2n) is 5.21. The molecule has 3 rings (SSSR count). The summed E-state index contributed by atoms with van der Waals surface area (Å²) in [6.45, 7) is 0. The Kier molecular flexibility index (Phi) is 3.98. The van der Waals surface area contributed by atoms with Crippen LogP contribution in [0.25, 0.3) is 11.1 Å². The van der Waals surface area contributed by atoms with Crippen LogP contribution in [0.5, 0.6) is 0 Å². The normalized spacial score (nSPS) is 15.1. The Morgan fingerprint density at radius 1 is 0.957 bits per heavy atom. The SMILES string of the molecule is COC(=O)/C=C\C1c2ccccc2-c2cccc(C(=O)OC)c21. The molecule has 0 N–H and O–H groups in total. The number of benzene rings is 2.